The highest BCUT2D eigenvalue weighted by atomic mass is 32.2. The number of aromatic nitrogens is 2. The number of nitrogens with one attached hydrogen (secondary N) is 2. The maximum atomic E-state index is 12.0. The van der Waals surface area contributed by atoms with Gasteiger partial charge >= 0.3 is 0 Å². The van der Waals surface area contributed by atoms with Gasteiger partial charge in [-0.05, 0) is 12.1 Å². The number of carbonyl (C=O) groups excluding carboxylic acids is 1. The van der Waals surface area contributed by atoms with Gasteiger partial charge in [0, 0.05) is 25.4 Å². The molecule has 1 heterocycles. The van der Waals surface area contributed by atoms with Crippen LogP contribution < -0.4 is 4.72 Å². The molecule has 0 radical (unpaired) electrons. The molecule has 21 heavy (non-hydrogen) atoms. The van der Waals surface area contributed by atoms with Gasteiger partial charge in [0.1, 0.15) is 0 Å². The monoisotopic (exact) mass is 308 g/mol. The number of hydrogen-bond donors (Lipinski definition) is 2. The van der Waals surface area contributed by atoms with E-state index in [4.69, 9.17) is 0 Å². The van der Waals surface area contributed by atoms with E-state index in [1.165, 1.54) is 17.0 Å². The van der Waals surface area contributed by atoms with Gasteiger partial charge in [0.2, 0.25) is 15.9 Å². The number of benzene rings is 1. The highest BCUT2D eigenvalue weighted by Gasteiger charge is 2.17. The lowest BCUT2D eigenvalue weighted by Gasteiger charge is -2.16. The van der Waals surface area contributed by atoms with E-state index in [-0.39, 0.29) is 17.3 Å². The third-order valence-corrected chi connectivity index (χ3v) is 4.28. The summed E-state index contributed by atoms with van der Waals surface area (Å²) in [5, 5.41) is 6.44. The summed E-state index contributed by atoms with van der Waals surface area (Å²) in [6, 6.07) is 7.93. The molecule has 0 unspecified atom stereocenters. The van der Waals surface area contributed by atoms with Crippen LogP contribution in [0.2, 0.25) is 0 Å². The molecule has 0 fully saturated rings. The molecular formula is C13H16N4O3S. The van der Waals surface area contributed by atoms with Crippen molar-refractivity contribution in [2.45, 2.75) is 11.4 Å². The summed E-state index contributed by atoms with van der Waals surface area (Å²) in [4.78, 5) is 13.5. The summed E-state index contributed by atoms with van der Waals surface area (Å²) in [5.41, 5.74) is 0.844. The molecule has 0 atom stereocenters. The zero-order valence-electron chi connectivity index (χ0n) is 11.5. The van der Waals surface area contributed by atoms with Gasteiger partial charge in [0.15, 0.2) is 0 Å². The highest BCUT2D eigenvalue weighted by molar-refractivity contribution is 7.89. The van der Waals surface area contributed by atoms with Crippen LogP contribution in [0.15, 0.2) is 47.6 Å². The Bertz CT molecular complexity index is 683. The summed E-state index contributed by atoms with van der Waals surface area (Å²) in [6.07, 6.45) is 3.29. The molecule has 112 valence electrons. The third-order valence-electron chi connectivity index (χ3n) is 2.87. The van der Waals surface area contributed by atoms with Crippen molar-refractivity contribution in [2.24, 2.45) is 0 Å². The topological polar surface area (TPSA) is 95.2 Å². The summed E-state index contributed by atoms with van der Waals surface area (Å²) < 4.78 is 26.3. The number of sulfonamides is 1. The molecule has 0 saturated heterocycles. The van der Waals surface area contributed by atoms with Crippen LogP contribution in [-0.2, 0) is 21.4 Å². The Hall–Kier alpha value is -2.19. The first-order chi connectivity index (χ1) is 9.99. The van der Waals surface area contributed by atoms with E-state index in [0.29, 0.717) is 6.54 Å². The first kappa shape index (κ1) is 15.2. The Labute approximate surface area is 123 Å². The van der Waals surface area contributed by atoms with Crippen molar-refractivity contribution in [3.63, 3.8) is 0 Å². The van der Waals surface area contributed by atoms with Gasteiger partial charge in [-0.25, -0.2) is 13.1 Å². The fourth-order valence-corrected chi connectivity index (χ4v) is 2.70. The van der Waals surface area contributed by atoms with E-state index in [9.17, 15) is 13.2 Å². The minimum Gasteiger partial charge on any atom is -0.340 e. The minimum atomic E-state index is -3.67. The van der Waals surface area contributed by atoms with Crippen molar-refractivity contribution in [2.75, 3.05) is 13.6 Å². The second kappa shape index (κ2) is 6.51. The van der Waals surface area contributed by atoms with Gasteiger partial charge in [-0.2, -0.15) is 5.10 Å². The Morgan fingerprint density at radius 1 is 1.33 bits per heavy atom. The highest BCUT2D eigenvalue weighted by Crippen LogP contribution is 2.07. The number of rotatable bonds is 6. The molecule has 1 amide bonds. The predicted molar refractivity (Wildman–Crippen MR) is 76.7 cm³/mol. The number of likely N-dealkylation sites (N-methyl/N-ethyl adjacent to an activating group) is 1. The average molecular weight is 308 g/mol. The van der Waals surface area contributed by atoms with Gasteiger partial charge in [-0.1, -0.05) is 18.2 Å². The maximum absolute atomic E-state index is 12.0. The number of amides is 1. The Morgan fingerprint density at radius 3 is 2.67 bits per heavy atom. The second-order valence-corrected chi connectivity index (χ2v) is 6.26. The van der Waals surface area contributed by atoms with Gasteiger partial charge in [-0.3, -0.25) is 9.89 Å². The smallest absolute Gasteiger partial charge is 0.241 e. The van der Waals surface area contributed by atoms with Crippen LogP contribution in [0.3, 0.4) is 0 Å². The van der Waals surface area contributed by atoms with E-state index in [2.05, 4.69) is 14.9 Å². The fraction of sp³-hybridized carbons (Fsp3) is 0.231. The molecule has 2 rings (SSSR count). The van der Waals surface area contributed by atoms with Crippen LogP contribution in [0.1, 0.15) is 5.56 Å². The van der Waals surface area contributed by atoms with E-state index in [0.717, 1.165) is 5.56 Å². The zero-order chi connectivity index (χ0) is 15.3. The molecule has 2 aromatic rings. The first-order valence-corrected chi connectivity index (χ1v) is 7.74. The minimum absolute atomic E-state index is 0.135. The van der Waals surface area contributed by atoms with Gasteiger partial charge < -0.3 is 4.90 Å². The van der Waals surface area contributed by atoms with Crippen molar-refractivity contribution in [1.82, 2.24) is 19.8 Å². The summed E-state index contributed by atoms with van der Waals surface area (Å²) in [5.74, 6) is -0.323. The van der Waals surface area contributed by atoms with Crippen LogP contribution in [0, 0.1) is 0 Å². The number of carbonyl (C=O) groups is 1. The molecule has 2 N–H and O–H groups in total. The maximum Gasteiger partial charge on any atom is 0.241 e. The summed E-state index contributed by atoms with van der Waals surface area (Å²) >= 11 is 0. The SMILES string of the molecule is CN(Cc1cn[nH]c1)C(=O)CNS(=O)(=O)c1ccccc1. The lowest BCUT2D eigenvalue weighted by molar-refractivity contribution is -0.129. The molecular weight excluding hydrogens is 292 g/mol. The summed E-state index contributed by atoms with van der Waals surface area (Å²) in [6.45, 7) is 0.0774. The van der Waals surface area contributed by atoms with Crippen molar-refractivity contribution < 1.29 is 13.2 Å². The van der Waals surface area contributed by atoms with Gasteiger partial charge in [-0.15, -0.1) is 0 Å². The number of H-pyrrole nitrogens is 1. The number of aromatic amines is 1. The fourth-order valence-electron chi connectivity index (χ4n) is 1.70. The molecule has 0 bridgehead atoms. The Kier molecular flexibility index (Phi) is 4.71. The molecule has 0 aliphatic heterocycles. The molecule has 8 heteroatoms. The Morgan fingerprint density at radius 2 is 2.05 bits per heavy atom. The molecule has 1 aromatic carbocycles. The van der Waals surface area contributed by atoms with Gasteiger partial charge in [0.05, 0.1) is 17.6 Å². The quantitative estimate of drug-likeness (QED) is 0.805. The van der Waals surface area contributed by atoms with Crippen LogP contribution in [0.5, 0.6) is 0 Å². The van der Waals surface area contributed by atoms with Crippen molar-refractivity contribution in [3.05, 3.63) is 48.3 Å². The molecule has 1 aromatic heterocycles. The third kappa shape index (κ3) is 4.14. The van der Waals surface area contributed by atoms with E-state index < -0.39 is 10.0 Å². The van der Waals surface area contributed by atoms with Crippen molar-refractivity contribution in [3.8, 4) is 0 Å². The largest absolute Gasteiger partial charge is 0.340 e. The van der Waals surface area contributed by atoms with Crippen LogP contribution in [0.25, 0.3) is 0 Å². The van der Waals surface area contributed by atoms with E-state index in [1.807, 2.05) is 0 Å². The lowest BCUT2D eigenvalue weighted by Crippen LogP contribution is -2.37. The standard InChI is InChI=1S/C13H16N4O3S/c1-17(10-11-7-14-15-8-11)13(18)9-16-21(19,20)12-5-3-2-4-6-12/h2-8,16H,9-10H2,1H3,(H,14,15). The van der Waals surface area contributed by atoms with E-state index in [1.54, 1.807) is 37.6 Å². The number of hydrogen-bond acceptors (Lipinski definition) is 4. The lowest BCUT2D eigenvalue weighted by atomic mass is 10.3. The molecule has 7 nitrogen and oxygen atoms in total. The van der Waals surface area contributed by atoms with Crippen LogP contribution in [0.4, 0.5) is 0 Å². The molecule has 0 spiro atoms. The van der Waals surface area contributed by atoms with Crippen molar-refractivity contribution in [1.29, 1.82) is 0 Å². The Balaban J connectivity index is 1.91. The van der Waals surface area contributed by atoms with Crippen LogP contribution >= 0.6 is 0 Å². The van der Waals surface area contributed by atoms with E-state index >= 15 is 0 Å². The summed E-state index contributed by atoms with van der Waals surface area (Å²) in [7, 11) is -2.06. The average Bonchev–Trinajstić information content (AvgIpc) is 2.98. The van der Waals surface area contributed by atoms with Crippen LogP contribution in [-0.4, -0.2) is 43.0 Å². The molecule has 0 aliphatic carbocycles. The first-order valence-electron chi connectivity index (χ1n) is 6.25. The predicted octanol–water partition coefficient (Wildman–Crippen LogP) is 0.347. The van der Waals surface area contributed by atoms with Crippen molar-refractivity contribution >= 4 is 15.9 Å². The van der Waals surface area contributed by atoms with Gasteiger partial charge in [0.25, 0.3) is 0 Å². The molecule has 0 aliphatic rings. The number of nitrogens with zero attached hydrogens (tertiary/aromatic N) is 2. The second-order valence-electron chi connectivity index (χ2n) is 4.49. The normalized spacial score (nSPS) is 11.3. The zero-order valence-corrected chi connectivity index (χ0v) is 12.3. The molecule has 0 saturated carbocycles.